The summed E-state index contributed by atoms with van der Waals surface area (Å²) in [4.78, 5) is 0. The van der Waals surface area contributed by atoms with E-state index in [-0.39, 0.29) is 11.6 Å². The minimum absolute atomic E-state index is 0.0894. The zero-order valence-electron chi connectivity index (χ0n) is 10.3. The van der Waals surface area contributed by atoms with Crippen LogP contribution in [0.25, 0.3) is 0 Å². The van der Waals surface area contributed by atoms with Gasteiger partial charge >= 0.3 is 6.36 Å². The summed E-state index contributed by atoms with van der Waals surface area (Å²) in [6.07, 6.45) is -4.77. The quantitative estimate of drug-likeness (QED) is 0.836. The van der Waals surface area contributed by atoms with Gasteiger partial charge in [0.2, 0.25) is 0 Å². The molecule has 0 aliphatic carbocycles. The molecular formula is C12H15F4NO. The summed E-state index contributed by atoms with van der Waals surface area (Å²) in [6, 6.07) is 2.67. The van der Waals surface area contributed by atoms with Crippen molar-refractivity contribution in [2.75, 3.05) is 0 Å². The third-order valence-corrected chi connectivity index (χ3v) is 2.25. The van der Waals surface area contributed by atoms with E-state index in [0.717, 1.165) is 18.2 Å². The minimum Gasteiger partial charge on any atom is -0.406 e. The molecule has 0 aliphatic heterocycles. The molecule has 0 aromatic heterocycles. The van der Waals surface area contributed by atoms with Gasteiger partial charge in [0, 0.05) is 17.6 Å². The fraction of sp³-hybridized carbons (Fsp3) is 0.500. The van der Waals surface area contributed by atoms with Crippen LogP contribution >= 0.6 is 0 Å². The molecule has 0 spiro atoms. The van der Waals surface area contributed by atoms with Crippen LogP contribution in [-0.4, -0.2) is 12.4 Å². The molecule has 102 valence electrons. The molecule has 0 amide bonds. The third kappa shape index (κ3) is 4.52. The highest BCUT2D eigenvalue weighted by Crippen LogP contribution is 2.27. The van der Waals surface area contributed by atoms with Gasteiger partial charge in [0.15, 0.2) is 0 Å². The lowest BCUT2D eigenvalue weighted by molar-refractivity contribution is -0.274. The Labute approximate surface area is 103 Å². The van der Waals surface area contributed by atoms with Gasteiger partial charge in [0.25, 0.3) is 0 Å². The van der Waals surface area contributed by atoms with Crippen molar-refractivity contribution >= 4 is 0 Å². The number of hydrogen-bond acceptors (Lipinski definition) is 2. The highest BCUT2D eigenvalue weighted by atomic mass is 19.4. The van der Waals surface area contributed by atoms with E-state index in [0.29, 0.717) is 0 Å². The number of hydrogen-bond donors (Lipinski definition) is 1. The van der Waals surface area contributed by atoms with Crippen molar-refractivity contribution in [3.63, 3.8) is 0 Å². The monoisotopic (exact) mass is 265 g/mol. The predicted octanol–water partition coefficient (Wildman–Crippen LogP) is 3.78. The van der Waals surface area contributed by atoms with Crippen LogP contribution in [0.5, 0.6) is 5.75 Å². The fourth-order valence-electron chi connectivity index (χ4n) is 1.64. The Kier molecular flexibility index (Phi) is 4.56. The van der Waals surface area contributed by atoms with Crippen LogP contribution in [0, 0.1) is 5.82 Å². The van der Waals surface area contributed by atoms with Crippen LogP contribution < -0.4 is 10.1 Å². The average Bonchev–Trinajstić information content (AvgIpc) is 2.17. The summed E-state index contributed by atoms with van der Waals surface area (Å²) >= 11 is 0. The Hall–Kier alpha value is -1.30. The molecule has 0 saturated heterocycles. The van der Waals surface area contributed by atoms with Gasteiger partial charge in [-0.1, -0.05) is 13.8 Å². The lowest BCUT2D eigenvalue weighted by Gasteiger charge is -2.19. The molecule has 1 unspecified atom stereocenters. The van der Waals surface area contributed by atoms with Crippen LogP contribution in [0.2, 0.25) is 0 Å². The number of benzene rings is 1. The van der Waals surface area contributed by atoms with E-state index in [1.54, 1.807) is 6.92 Å². The van der Waals surface area contributed by atoms with Crippen LogP contribution in [0.3, 0.4) is 0 Å². The van der Waals surface area contributed by atoms with E-state index < -0.39 is 24.0 Å². The summed E-state index contributed by atoms with van der Waals surface area (Å²) in [5, 5.41) is 3.01. The van der Waals surface area contributed by atoms with Crippen molar-refractivity contribution < 1.29 is 22.3 Å². The molecule has 1 aromatic carbocycles. The predicted molar refractivity (Wildman–Crippen MR) is 59.8 cm³/mol. The Balaban J connectivity index is 2.94. The molecule has 6 heteroatoms. The van der Waals surface area contributed by atoms with Crippen molar-refractivity contribution in [1.82, 2.24) is 5.32 Å². The highest BCUT2D eigenvalue weighted by molar-refractivity contribution is 5.32. The van der Waals surface area contributed by atoms with E-state index >= 15 is 0 Å². The smallest absolute Gasteiger partial charge is 0.406 e. The van der Waals surface area contributed by atoms with Gasteiger partial charge < -0.3 is 10.1 Å². The van der Waals surface area contributed by atoms with Gasteiger partial charge in [-0.15, -0.1) is 13.2 Å². The maximum Gasteiger partial charge on any atom is 0.573 e. The molecule has 0 saturated carbocycles. The second-order valence-corrected chi connectivity index (χ2v) is 4.27. The fourth-order valence-corrected chi connectivity index (χ4v) is 1.64. The molecule has 0 heterocycles. The molecule has 0 fully saturated rings. The summed E-state index contributed by atoms with van der Waals surface area (Å²) in [7, 11) is 0. The third-order valence-electron chi connectivity index (χ3n) is 2.25. The normalized spacial score (nSPS) is 13.8. The lowest BCUT2D eigenvalue weighted by atomic mass is 10.1. The van der Waals surface area contributed by atoms with Crippen molar-refractivity contribution in [1.29, 1.82) is 0 Å². The molecule has 0 bridgehead atoms. The van der Waals surface area contributed by atoms with E-state index in [2.05, 4.69) is 10.1 Å². The van der Waals surface area contributed by atoms with E-state index in [1.165, 1.54) is 0 Å². The number of halogens is 4. The number of nitrogens with one attached hydrogen (secondary N) is 1. The first-order valence-corrected chi connectivity index (χ1v) is 5.50. The number of ether oxygens (including phenoxy) is 1. The van der Waals surface area contributed by atoms with Gasteiger partial charge in [-0.05, 0) is 25.1 Å². The highest BCUT2D eigenvalue weighted by Gasteiger charge is 2.31. The van der Waals surface area contributed by atoms with Gasteiger partial charge in [0.1, 0.15) is 11.6 Å². The molecule has 1 N–H and O–H groups in total. The SMILES string of the molecule is CC(C)NC(C)c1cc(OC(F)(F)F)ccc1F. The number of rotatable bonds is 4. The van der Waals surface area contributed by atoms with E-state index in [9.17, 15) is 17.6 Å². The molecule has 0 aliphatic rings. The zero-order chi connectivity index (χ0) is 13.9. The standard InChI is InChI=1S/C12H15F4NO/c1-7(2)17-8(3)10-6-9(4-5-11(10)13)18-12(14,15)16/h4-8,17H,1-3H3. The second kappa shape index (κ2) is 5.56. The van der Waals surface area contributed by atoms with Gasteiger partial charge in [-0.25, -0.2) is 4.39 Å². The molecular weight excluding hydrogens is 250 g/mol. The van der Waals surface area contributed by atoms with Crippen LogP contribution in [0.4, 0.5) is 17.6 Å². The van der Waals surface area contributed by atoms with Crippen LogP contribution in [-0.2, 0) is 0 Å². The molecule has 1 rings (SSSR count). The van der Waals surface area contributed by atoms with Crippen LogP contribution in [0.1, 0.15) is 32.4 Å². The molecule has 18 heavy (non-hydrogen) atoms. The van der Waals surface area contributed by atoms with Crippen molar-refractivity contribution in [3.8, 4) is 5.75 Å². The maximum absolute atomic E-state index is 13.5. The Morgan fingerprint density at radius 1 is 1.17 bits per heavy atom. The summed E-state index contributed by atoms with van der Waals surface area (Å²) in [6.45, 7) is 5.41. The van der Waals surface area contributed by atoms with Gasteiger partial charge in [-0.3, -0.25) is 0 Å². The maximum atomic E-state index is 13.5. The molecule has 2 nitrogen and oxygen atoms in total. The average molecular weight is 265 g/mol. The van der Waals surface area contributed by atoms with E-state index in [4.69, 9.17) is 0 Å². The lowest BCUT2D eigenvalue weighted by Crippen LogP contribution is -2.27. The first kappa shape index (κ1) is 14.8. The Morgan fingerprint density at radius 2 is 1.78 bits per heavy atom. The first-order valence-electron chi connectivity index (χ1n) is 5.50. The Morgan fingerprint density at radius 3 is 2.28 bits per heavy atom. The van der Waals surface area contributed by atoms with Crippen molar-refractivity contribution in [2.45, 2.75) is 39.2 Å². The second-order valence-electron chi connectivity index (χ2n) is 4.27. The Bertz CT molecular complexity index is 404. The molecule has 1 atom stereocenters. The summed E-state index contributed by atoms with van der Waals surface area (Å²) in [5.74, 6) is -0.985. The molecule has 1 aromatic rings. The zero-order valence-corrected chi connectivity index (χ0v) is 10.3. The van der Waals surface area contributed by atoms with Gasteiger partial charge in [0.05, 0.1) is 0 Å². The topological polar surface area (TPSA) is 21.3 Å². The summed E-state index contributed by atoms with van der Waals surface area (Å²) in [5.41, 5.74) is 0.144. The van der Waals surface area contributed by atoms with Crippen molar-refractivity contribution in [2.24, 2.45) is 0 Å². The minimum atomic E-state index is -4.77. The number of alkyl halides is 3. The van der Waals surface area contributed by atoms with Crippen molar-refractivity contribution in [3.05, 3.63) is 29.6 Å². The first-order chi connectivity index (χ1) is 8.19. The van der Waals surface area contributed by atoms with Gasteiger partial charge in [-0.2, -0.15) is 0 Å². The molecule has 0 radical (unpaired) electrons. The largest absolute Gasteiger partial charge is 0.573 e. The van der Waals surface area contributed by atoms with E-state index in [1.807, 2.05) is 13.8 Å². The van der Waals surface area contributed by atoms with Crippen LogP contribution in [0.15, 0.2) is 18.2 Å². The summed E-state index contributed by atoms with van der Waals surface area (Å²) < 4.78 is 53.4.